The Balaban J connectivity index is 0.000000167. The number of hydrogen-bond acceptors (Lipinski definition) is 20. The van der Waals surface area contributed by atoms with Crippen molar-refractivity contribution in [2.24, 2.45) is 0 Å². The Hall–Kier alpha value is -11.1. The summed E-state index contributed by atoms with van der Waals surface area (Å²) in [5, 5.41) is 64.5. The Morgan fingerprint density at radius 2 is 1.05 bits per heavy atom. The number of aliphatic hydroxyl groups is 2. The van der Waals surface area contributed by atoms with Gasteiger partial charge in [-0.1, -0.05) is 97.1 Å². The van der Waals surface area contributed by atoms with Gasteiger partial charge in [0.1, 0.15) is 34.6 Å². The maximum absolute atomic E-state index is 11.3. The van der Waals surface area contributed by atoms with Crippen LogP contribution in [0.4, 0.5) is 0 Å². The molecule has 0 amide bonds. The molecule has 0 bridgehead atoms. The van der Waals surface area contributed by atoms with Crippen LogP contribution in [-0.4, -0.2) is 84.9 Å². The van der Waals surface area contributed by atoms with Gasteiger partial charge >= 0.3 is 17.2 Å². The van der Waals surface area contributed by atoms with Gasteiger partial charge in [-0.3, -0.25) is 28.8 Å². The molecule has 10 rings (SSSR count). The number of aliphatic hydroxyl groups excluding tert-OH is 2. The first-order valence-corrected chi connectivity index (χ1v) is 21.4. The molecule has 4 aromatic heterocycles. The highest BCUT2D eigenvalue weighted by Crippen LogP contribution is 2.30. The van der Waals surface area contributed by atoms with Crippen LogP contribution in [0, 0.1) is 11.3 Å². The quantitative estimate of drug-likeness (QED) is 0.0157. The fourth-order valence-electron chi connectivity index (χ4n) is 6.79. The molecule has 0 fully saturated rings. The monoisotopic (exact) mass is 1020 g/mol. The van der Waals surface area contributed by atoms with Crippen LogP contribution in [0.15, 0.2) is 162 Å². The molecule has 7 N–H and O–H groups in total. The van der Waals surface area contributed by atoms with E-state index < -0.39 is 40.5 Å². The first-order chi connectivity index (χ1) is 36.1. The van der Waals surface area contributed by atoms with E-state index in [1.807, 2.05) is 18.2 Å². The van der Waals surface area contributed by atoms with E-state index in [1.165, 1.54) is 12.1 Å². The second-order valence-corrected chi connectivity index (χ2v) is 14.6. The van der Waals surface area contributed by atoms with Crippen molar-refractivity contribution >= 4 is 91.9 Å². The fraction of sp³-hybridized carbons (Fsp3) is 0.0370. The Bertz CT molecular complexity index is 3780. The van der Waals surface area contributed by atoms with E-state index in [9.17, 15) is 58.5 Å². The minimum absolute atomic E-state index is 0.000185. The number of nitrogens with one attached hydrogen (secondary N) is 1. The summed E-state index contributed by atoms with van der Waals surface area (Å²) in [6.07, 6.45) is 3.24. The van der Waals surface area contributed by atoms with Crippen molar-refractivity contribution in [3.63, 3.8) is 0 Å². The molecule has 1 aliphatic rings. The first kappa shape index (κ1) is 54.8. The van der Waals surface area contributed by atoms with Crippen molar-refractivity contribution in [2.75, 3.05) is 6.61 Å². The van der Waals surface area contributed by atoms with Crippen LogP contribution < -0.4 is 11.3 Å². The zero-order chi connectivity index (χ0) is 54.8. The molecule has 0 atom stereocenters. The number of H-pyrrole nitrogens is 1. The number of furan rings is 1. The summed E-state index contributed by atoms with van der Waals surface area (Å²) in [4.78, 5) is 100. The van der Waals surface area contributed by atoms with E-state index in [0.717, 1.165) is 10.9 Å². The molecule has 21 heteroatoms. The lowest BCUT2D eigenvalue weighted by atomic mass is 10.1. The summed E-state index contributed by atoms with van der Waals surface area (Å²) in [5.74, 6) is -3.63. The minimum atomic E-state index is -0.897. The van der Waals surface area contributed by atoms with Crippen LogP contribution in [-0.2, 0) is 14.3 Å². The maximum atomic E-state index is 11.3. The van der Waals surface area contributed by atoms with Crippen LogP contribution in [0.3, 0.4) is 0 Å². The van der Waals surface area contributed by atoms with Gasteiger partial charge in [0.15, 0.2) is 36.6 Å². The number of para-hydroxylation sites is 3. The van der Waals surface area contributed by atoms with E-state index in [-0.39, 0.29) is 57.2 Å². The number of ketones is 2. The lowest BCUT2D eigenvalue weighted by molar-refractivity contribution is -0.138. The molecule has 0 radical (unpaired) electrons. The number of aromatic amines is 1. The van der Waals surface area contributed by atoms with Crippen LogP contribution in [0.2, 0.25) is 0 Å². The smallest absolute Gasteiger partial charge is 0.379 e. The lowest BCUT2D eigenvalue weighted by Gasteiger charge is -2.00. The highest BCUT2D eigenvalue weighted by molar-refractivity contribution is 6.62. The molecule has 4 heterocycles. The number of aromatic hydroxyl groups is 4. The van der Waals surface area contributed by atoms with Crippen molar-refractivity contribution in [3.05, 3.63) is 194 Å². The van der Waals surface area contributed by atoms with Crippen LogP contribution in [0.5, 0.6) is 23.5 Å². The number of benzene rings is 5. The van der Waals surface area contributed by atoms with Gasteiger partial charge < -0.3 is 53.6 Å². The SMILES string of the molecule is CCOC(=O)/C(C#N)=C\O.O=C1C(=O)c2ccccc2/C1=C/O.O=Cc1c(O)[nH]c2ccccc12.O=Cc1c(O)c(=O)oc2ccccc12.O=Cc1c(O)oc(=O)c2ccccc12.O=Cc1c(O)oc2ccccc12. The predicted molar refractivity (Wildman–Crippen MR) is 267 cm³/mol. The number of ether oxygens (including phenoxy) is 1. The van der Waals surface area contributed by atoms with E-state index in [1.54, 1.807) is 104 Å². The molecule has 378 valence electrons. The average Bonchev–Trinajstić information content (AvgIpc) is 4.02. The molecule has 0 aliphatic heterocycles. The summed E-state index contributed by atoms with van der Waals surface area (Å²) < 4.78 is 18.6. The van der Waals surface area contributed by atoms with E-state index in [0.29, 0.717) is 76.1 Å². The minimum Gasteiger partial charge on any atom is -0.515 e. The fourth-order valence-corrected chi connectivity index (χ4v) is 6.79. The number of carbonyl (C=O) groups excluding carboxylic acids is 7. The topological polar surface area (TPSA) is 363 Å². The molecule has 0 saturated heterocycles. The molecule has 0 unspecified atom stereocenters. The summed E-state index contributed by atoms with van der Waals surface area (Å²) >= 11 is 0. The number of aromatic nitrogens is 1. The number of hydrogen-bond donors (Lipinski definition) is 7. The zero-order valence-corrected chi connectivity index (χ0v) is 38.7. The number of Topliss-reactive ketones (excluding diaryl/α,β-unsaturated/α-hetero) is 2. The third-order valence-electron chi connectivity index (χ3n) is 10.3. The van der Waals surface area contributed by atoms with Crippen molar-refractivity contribution in [1.82, 2.24) is 4.98 Å². The van der Waals surface area contributed by atoms with Gasteiger partial charge in [-0.25, -0.2) is 14.4 Å². The summed E-state index contributed by atoms with van der Waals surface area (Å²) in [7, 11) is 0. The van der Waals surface area contributed by atoms with Crippen molar-refractivity contribution in [2.45, 2.75) is 6.92 Å². The molecule has 0 spiro atoms. The normalized spacial score (nSPS) is 11.6. The molecule has 1 aliphatic carbocycles. The molecule has 5 aromatic carbocycles. The molecule has 75 heavy (non-hydrogen) atoms. The van der Waals surface area contributed by atoms with Gasteiger partial charge in [-0.2, -0.15) is 5.26 Å². The lowest BCUT2D eigenvalue weighted by Crippen LogP contribution is -2.05. The molecular formula is C54H38N2O19. The highest BCUT2D eigenvalue weighted by atomic mass is 16.5. The van der Waals surface area contributed by atoms with Crippen LogP contribution in [0.1, 0.15) is 64.3 Å². The van der Waals surface area contributed by atoms with Gasteiger partial charge in [0.2, 0.25) is 17.3 Å². The number of allylic oxidation sites excluding steroid dienone is 1. The van der Waals surface area contributed by atoms with E-state index in [4.69, 9.17) is 29.4 Å². The number of aldehydes is 4. The van der Waals surface area contributed by atoms with Gasteiger partial charge in [0.25, 0.3) is 11.9 Å². The first-order valence-electron chi connectivity index (χ1n) is 21.4. The Morgan fingerprint density at radius 1 is 0.573 bits per heavy atom. The van der Waals surface area contributed by atoms with Gasteiger partial charge in [-0.05, 0) is 31.2 Å². The van der Waals surface area contributed by atoms with Crippen molar-refractivity contribution in [1.29, 1.82) is 5.26 Å². The standard InChI is InChI=1S/2C10H6O4.C10H6O3.C9H7NO2.C9H6O3.C6H7NO3/c11-5-7-6-3-1-2-4-8(6)14-10(13)9(7)12;11-5-8-6-3-1-2-4-7(6)9(12)14-10(8)13;11-5-8-6-3-1-2-4-7(6)9(12)10(8)13;11-5-7-6-3-1-2-4-8(6)10-9(7)12;10-5-7-6-3-1-2-4-8(6)12-9(7)11;1-2-10-6(9)5(3-7)4-8/h1-5,12H;1-5,13H;1-5,11H;1-5,10,12H;1-5,11H;4,8H,2H2,1H3/b;;8-5-;;;5-4-. The molecule has 0 saturated carbocycles. The van der Waals surface area contributed by atoms with E-state index in [2.05, 4.69) is 14.1 Å². The maximum Gasteiger partial charge on any atom is 0.379 e. The number of carbonyl (C=O) groups is 7. The number of esters is 1. The van der Waals surface area contributed by atoms with Crippen molar-refractivity contribution in [3.8, 4) is 29.6 Å². The second kappa shape index (κ2) is 25.6. The predicted octanol–water partition coefficient (Wildman–Crippen LogP) is 8.12. The zero-order valence-electron chi connectivity index (χ0n) is 38.7. The Morgan fingerprint density at radius 3 is 1.61 bits per heavy atom. The van der Waals surface area contributed by atoms with Crippen molar-refractivity contribution < 1.29 is 82.2 Å². The average molecular weight is 1020 g/mol. The van der Waals surface area contributed by atoms with Gasteiger partial charge in [0.05, 0.1) is 35.0 Å². The molecule has 21 nitrogen and oxygen atoms in total. The molecule has 9 aromatic rings. The number of fused-ring (bicyclic) bond motifs is 5. The van der Waals surface area contributed by atoms with E-state index >= 15 is 0 Å². The largest absolute Gasteiger partial charge is 0.515 e. The number of rotatable bonds is 6. The summed E-state index contributed by atoms with van der Waals surface area (Å²) in [5.41, 5.74) is 1.13. The highest BCUT2D eigenvalue weighted by Gasteiger charge is 2.33. The summed E-state index contributed by atoms with van der Waals surface area (Å²) in [6, 6.07) is 35.3. The summed E-state index contributed by atoms with van der Waals surface area (Å²) in [6.45, 7) is 1.81. The number of nitrogens with zero attached hydrogens (tertiary/aromatic N) is 1. The Labute approximate surface area is 419 Å². The van der Waals surface area contributed by atoms with Crippen LogP contribution >= 0.6 is 0 Å². The Kier molecular flexibility index (Phi) is 18.7. The molecular weight excluding hydrogens is 981 g/mol. The van der Waals surface area contributed by atoms with Gasteiger partial charge in [-0.15, -0.1) is 0 Å². The third kappa shape index (κ3) is 12.4. The second-order valence-electron chi connectivity index (χ2n) is 14.6. The van der Waals surface area contributed by atoms with Gasteiger partial charge in [0, 0.05) is 38.2 Å². The number of nitriles is 1. The third-order valence-corrected chi connectivity index (χ3v) is 10.3. The van der Waals surface area contributed by atoms with Crippen LogP contribution in [0.25, 0.3) is 49.2 Å².